The van der Waals surface area contributed by atoms with Crippen LogP contribution in [0.4, 0.5) is 5.69 Å². The molecule has 0 fully saturated rings. The van der Waals surface area contributed by atoms with Gasteiger partial charge in [-0.25, -0.2) is 0 Å². The summed E-state index contributed by atoms with van der Waals surface area (Å²) in [6.07, 6.45) is 0. The van der Waals surface area contributed by atoms with Crippen LogP contribution in [0.1, 0.15) is 21.5 Å². The molecule has 0 aliphatic heterocycles. The van der Waals surface area contributed by atoms with Crippen LogP contribution in [-0.2, 0) is 0 Å². The van der Waals surface area contributed by atoms with Crippen LogP contribution in [0.15, 0.2) is 27.4 Å². The van der Waals surface area contributed by atoms with Crippen LogP contribution in [0, 0.1) is 13.8 Å². The second-order valence-electron chi connectivity index (χ2n) is 4.00. The van der Waals surface area contributed by atoms with E-state index >= 15 is 0 Å². The maximum absolute atomic E-state index is 12.1. The van der Waals surface area contributed by atoms with E-state index < -0.39 is 0 Å². The molecule has 0 spiro atoms. The van der Waals surface area contributed by atoms with Gasteiger partial charge in [0.05, 0.1) is 11.3 Å². The Bertz CT molecular complexity index is 609. The standard InChI is InChI=1S/C13H11BrClNOS/c1-7-3-10(14)12(4-11(7)15)16-13(17)9-6-18-5-8(9)2/h3-6H,1-2H3,(H,16,17). The molecule has 1 heterocycles. The van der Waals surface area contributed by atoms with E-state index in [1.54, 1.807) is 6.07 Å². The zero-order valence-electron chi connectivity index (χ0n) is 9.88. The molecule has 0 aliphatic carbocycles. The fraction of sp³-hybridized carbons (Fsp3) is 0.154. The number of nitrogens with one attached hydrogen (secondary N) is 1. The summed E-state index contributed by atoms with van der Waals surface area (Å²) in [7, 11) is 0. The third-order valence-electron chi connectivity index (χ3n) is 2.60. The Balaban J connectivity index is 2.28. The van der Waals surface area contributed by atoms with E-state index in [-0.39, 0.29) is 5.91 Å². The molecular weight excluding hydrogens is 334 g/mol. The quantitative estimate of drug-likeness (QED) is 0.813. The molecule has 0 saturated heterocycles. The lowest BCUT2D eigenvalue weighted by Gasteiger charge is -2.09. The van der Waals surface area contributed by atoms with Gasteiger partial charge in [-0.1, -0.05) is 11.6 Å². The summed E-state index contributed by atoms with van der Waals surface area (Å²) in [4.78, 5) is 12.1. The number of amides is 1. The molecule has 0 aliphatic rings. The zero-order chi connectivity index (χ0) is 13.3. The molecule has 1 aromatic carbocycles. The first-order chi connectivity index (χ1) is 8.49. The molecule has 1 N–H and O–H groups in total. The van der Waals surface area contributed by atoms with Crippen molar-refractivity contribution in [2.75, 3.05) is 5.32 Å². The van der Waals surface area contributed by atoms with Gasteiger partial charge in [0.2, 0.25) is 0 Å². The molecule has 0 atom stereocenters. The number of hydrogen-bond donors (Lipinski definition) is 1. The zero-order valence-corrected chi connectivity index (χ0v) is 13.0. The molecule has 1 amide bonds. The normalized spacial score (nSPS) is 10.4. The van der Waals surface area contributed by atoms with Gasteiger partial charge in [0, 0.05) is 14.9 Å². The molecule has 18 heavy (non-hydrogen) atoms. The third-order valence-corrected chi connectivity index (χ3v) is 4.52. The van der Waals surface area contributed by atoms with Crippen molar-refractivity contribution >= 4 is 50.5 Å². The monoisotopic (exact) mass is 343 g/mol. The van der Waals surface area contributed by atoms with Crippen molar-refractivity contribution in [3.8, 4) is 0 Å². The van der Waals surface area contributed by atoms with Gasteiger partial charge in [0.25, 0.3) is 5.91 Å². The van der Waals surface area contributed by atoms with E-state index in [0.717, 1.165) is 15.6 Å². The van der Waals surface area contributed by atoms with E-state index in [9.17, 15) is 4.79 Å². The van der Waals surface area contributed by atoms with Gasteiger partial charge in [-0.3, -0.25) is 4.79 Å². The minimum Gasteiger partial charge on any atom is -0.321 e. The first-order valence-electron chi connectivity index (χ1n) is 5.29. The molecule has 2 rings (SSSR count). The highest BCUT2D eigenvalue weighted by Crippen LogP contribution is 2.29. The largest absolute Gasteiger partial charge is 0.321 e. The van der Waals surface area contributed by atoms with Crippen molar-refractivity contribution in [2.45, 2.75) is 13.8 Å². The van der Waals surface area contributed by atoms with Crippen LogP contribution in [0.2, 0.25) is 5.02 Å². The highest BCUT2D eigenvalue weighted by atomic mass is 79.9. The number of rotatable bonds is 2. The average molecular weight is 345 g/mol. The van der Waals surface area contributed by atoms with Gasteiger partial charge in [0.15, 0.2) is 0 Å². The molecule has 0 radical (unpaired) electrons. The Labute approximate surface area is 123 Å². The number of aryl methyl sites for hydroxylation is 2. The van der Waals surface area contributed by atoms with Crippen LogP contribution >= 0.6 is 38.9 Å². The molecule has 1 aromatic heterocycles. The van der Waals surface area contributed by atoms with Gasteiger partial charge in [-0.15, -0.1) is 0 Å². The lowest BCUT2D eigenvalue weighted by Crippen LogP contribution is -2.12. The summed E-state index contributed by atoms with van der Waals surface area (Å²) in [5.74, 6) is -0.116. The number of carbonyl (C=O) groups is 1. The predicted molar refractivity (Wildman–Crippen MR) is 80.9 cm³/mol. The maximum Gasteiger partial charge on any atom is 0.256 e. The average Bonchev–Trinajstić information content (AvgIpc) is 2.72. The molecular formula is C13H11BrClNOS. The molecule has 5 heteroatoms. The SMILES string of the molecule is Cc1cc(Br)c(NC(=O)c2cscc2C)cc1Cl. The Hall–Kier alpha value is -0.840. The van der Waals surface area contributed by atoms with Crippen molar-refractivity contribution in [2.24, 2.45) is 0 Å². The second kappa shape index (κ2) is 5.43. The van der Waals surface area contributed by atoms with Gasteiger partial charge in [-0.2, -0.15) is 11.3 Å². The van der Waals surface area contributed by atoms with Crippen LogP contribution in [-0.4, -0.2) is 5.91 Å². The molecule has 0 bridgehead atoms. The smallest absolute Gasteiger partial charge is 0.256 e. The van der Waals surface area contributed by atoms with E-state index in [1.165, 1.54) is 11.3 Å². The van der Waals surface area contributed by atoms with Crippen molar-refractivity contribution in [3.63, 3.8) is 0 Å². The number of anilines is 1. The molecule has 0 unspecified atom stereocenters. The van der Waals surface area contributed by atoms with Crippen LogP contribution < -0.4 is 5.32 Å². The van der Waals surface area contributed by atoms with Crippen LogP contribution in [0.5, 0.6) is 0 Å². The van der Waals surface area contributed by atoms with Gasteiger partial charge >= 0.3 is 0 Å². The minimum absolute atomic E-state index is 0.116. The van der Waals surface area contributed by atoms with Gasteiger partial charge < -0.3 is 5.32 Å². The van der Waals surface area contributed by atoms with E-state index in [1.807, 2.05) is 30.7 Å². The highest BCUT2D eigenvalue weighted by Gasteiger charge is 2.12. The number of hydrogen-bond acceptors (Lipinski definition) is 2. The molecule has 2 aromatic rings. The summed E-state index contributed by atoms with van der Waals surface area (Å²) < 4.78 is 0.825. The van der Waals surface area contributed by atoms with Crippen LogP contribution in [0.25, 0.3) is 0 Å². The fourth-order valence-electron chi connectivity index (χ4n) is 1.52. The van der Waals surface area contributed by atoms with Crippen molar-refractivity contribution < 1.29 is 4.79 Å². The minimum atomic E-state index is -0.116. The predicted octanol–water partition coefficient (Wildman–Crippen LogP) is 5.03. The summed E-state index contributed by atoms with van der Waals surface area (Å²) in [5.41, 5.74) is 3.32. The number of halogens is 2. The van der Waals surface area contributed by atoms with Crippen molar-refractivity contribution in [1.29, 1.82) is 0 Å². The van der Waals surface area contributed by atoms with Crippen molar-refractivity contribution in [1.82, 2.24) is 0 Å². The maximum atomic E-state index is 12.1. The van der Waals surface area contributed by atoms with E-state index in [0.29, 0.717) is 16.3 Å². The topological polar surface area (TPSA) is 29.1 Å². The second-order valence-corrected chi connectivity index (χ2v) is 6.01. The Morgan fingerprint density at radius 1 is 1.28 bits per heavy atom. The first kappa shape index (κ1) is 13.6. The highest BCUT2D eigenvalue weighted by molar-refractivity contribution is 9.10. The number of carbonyl (C=O) groups excluding carboxylic acids is 1. The Morgan fingerprint density at radius 2 is 2.00 bits per heavy atom. The first-order valence-corrected chi connectivity index (χ1v) is 7.40. The summed E-state index contributed by atoms with van der Waals surface area (Å²) >= 11 is 11.0. The lowest BCUT2D eigenvalue weighted by molar-refractivity contribution is 0.102. The van der Waals surface area contributed by atoms with Crippen LogP contribution in [0.3, 0.4) is 0 Å². The molecule has 2 nitrogen and oxygen atoms in total. The number of thiophene rings is 1. The third kappa shape index (κ3) is 2.76. The Morgan fingerprint density at radius 3 is 2.61 bits per heavy atom. The summed E-state index contributed by atoms with van der Waals surface area (Å²) in [6.45, 7) is 3.84. The molecule has 0 saturated carbocycles. The fourth-order valence-corrected chi connectivity index (χ4v) is 3.07. The lowest BCUT2D eigenvalue weighted by atomic mass is 10.2. The van der Waals surface area contributed by atoms with Gasteiger partial charge in [-0.05, 0) is 58.4 Å². The molecule has 94 valence electrons. The Kier molecular flexibility index (Phi) is 4.10. The van der Waals surface area contributed by atoms with E-state index in [4.69, 9.17) is 11.6 Å². The number of benzene rings is 1. The summed E-state index contributed by atoms with van der Waals surface area (Å²) in [6, 6.07) is 3.64. The summed E-state index contributed by atoms with van der Waals surface area (Å²) in [5, 5.41) is 7.28. The van der Waals surface area contributed by atoms with Gasteiger partial charge in [0.1, 0.15) is 0 Å². The van der Waals surface area contributed by atoms with Crippen molar-refractivity contribution in [3.05, 3.63) is 49.1 Å². The van der Waals surface area contributed by atoms with E-state index in [2.05, 4.69) is 21.2 Å².